The van der Waals surface area contributed by atoms with Gasteiger partial charge in [-0.15, -0.1) is 0 Å². The number of allylic oxidation sites excluding steroid dienone is 3. The molecule has 28 heavy (non-hydrogen) atoms. The third-order valence-electron chi connectivity index (χ3n) is 6.33. The Balaban J connectivity index is 1.75. The Kier molecular flexibility index (Phi) is 5.21. The number of rotatable bonds is 5. The van der Waals surface area contributed by atoms with Crippen molar-refractivity contribution < 1.29 is 4.74 Å². The summed E-state index contributed by atoms with van der Waals surface area (Å²) in [6.45, 7) is 6.86. The summed E-state index contributed by atoms with van der Waals surface area (Å²) in [7, 11) is 0. The van der Waals surface area contributed by atoms with Crippen molar-refractivity contribution in [1.29, 1.82) is 0 Å². The number of hydrogen-bond acceptors (Lipinski definition) is 2. The first-order chi connectivity index (χ1) is 13.6. The van der Waals surface area contributed by atoms with Gasteiger partial charge in [0.1, 0.15) is 6.04 Å². The van der Waals surface area contributed by atoms with Gasteiger partial charge in [-0.05, 0) is 29.9 Å². The molecule has 2 heteroatoms. The maximum atomic E-state index is 6.65. The van der Waals surface area contributed by atoms with E-state index in [-0.39, 0.29) is 17.6 Å². The minimum Gasteiger partial charge on any atom is -0.469 e. The van der Waals surface area contributed by atoms with Crippen LogP contribution in [-0.2, 0) is 4.74 Å². The molecule has 2 aliphatic rings. The molecule has 144 valence electrons. The van der Waals surface area contributed by atoms with Crippen LogP contribution >= 0.6 is 0 Å². The van der Waals surface area contributed by atoms with Crippen molar-refractivity contribution in [3.05, 3.63) is 96.1 Å². The minimum absolute atomic E-state index is 0.0210. The molecule has 1 aliphatic heterocycles. The quantitative estimate of drug-likeness (QED) is 0.573. The molecule has 0 spiro atoms. The van der Waals surface area contributed by atoms with Crippen molar-refractivity contribution in [3.63, 3.8) is 0 Å². The smallest absolute Gasteiger partial charge is 0.195 e. The van der Waals surface area contributed by atoms with Crippen LogP contribution < -0.4 is 0 Å². The SMILES string of the molecule is CCC(C)[C@@H]1C=CC=C[C@]1(C)C1=N[C@H](c2ccccc2)[C@@H](c2ccccc2)O1. The molecule has 0 saturated heterocycles. The van der Waals surface area contributed by atoms with Gasteiger partial charge < -0.3 is 4.74 Å². The van der Waals surface area contributed by atoms with E-state index in [1.165, 1.54) is 11.1 Å². The lowest BCUT2D eigenvalue weighted by molar-refractivity contribution is 0.160. The zero-order chi connectivity index (χ0) is 19.6. The number of aliphatic imine (C=N–C) groups is 1. The Bertz CT molecular complexity index is 883. The van der Waals surface area contributed by atoms with Gasteiger partial charge in [-0.1, -0.05) is 105 Å². The maximum absolute atomic E-state index is 6.65. The summed E-state index contributed by atoms with van der Waals surface area (Å²) in [6, 6.07) is 21.0. The van der Waals surface area contributed by atoms with Gasteiger partial charge in [0.05, 0.1) is 5.41 Å². The maximum Gasteiger partial charge on any atom is 0.195 e. The van der Waals surface area contributed by atoms with Crippen LogP contribution in [-0.4, -0.2) is 5.90 Å². The van der Waals surface area contributed by atoms with E-state index in [0.29, 0.717) is 11.8 Å². The zero-order valence-electron chi connectivity index (χ0n) is 17.0. The lowest BCUT2D eigenvalue weighted by Crippen LogP contribution is -2.38. The van der Waals surface area contributed by atoms with Crippen LogP contribution in [0.2, 0.25) is 0 Å². The van der Waals surface area contributed by atoms with Crippen molar-refractivity contribution in [2.75, 3.05) is 0 Å². The van der Waals surface area contributed by atoms with Gasteiger partial charge in [-0.2, -0.15) is 0 Å². The molecular weight excluding hydrogens is 342 g/mol. The van der Waals surface area contributed by atoms with Gasteiger partial charge in [-0.25, -0.2) is 4.99 Å². The summed E-state index contributed by atoms with van der Waals surface area (Å²) in [6.07, 6.45) is 9.95. The van der Waals surface area contributed by atoms with Crippen molar-refractivity contribution in [2.45, 2.75) is 39.3 Å². The van der Waals surface area contributed by atoms with E-state index in [9.17, 15) is 0 Å². The third kappa shape index (κ3) is 3.32. The number of nitrogens with zero attached hydrogens (tertiary/aromatic N) is 1. The normalized spacial score (nSPS) is 30.0. The predicted molar refractivity (Wildman–Crippen MR) is 116 cm³/mol. The molecule has 0 bridgehead atoms. The first kappa shape index (κ1) is 18.7. The Morgan fingerprint density at radius 3 is 2.25 bits per heavy atom. The van der Waals surface area contributed by atoms with E-state index in [4.69, 9.17) is 9.73 Å². The van der Waals surface area contributed by atoms with E-state index >= 15 is 0 Å². The molecule has 4 rings (SSSR count). The lowest BCUT2D eigenvalue weighted by atomic mass is 9.68. The van der Waals surface area contributed by atoms with E-state index in [0.717, 1.165) is 12.3 Å². The van der Waals surface area contributed by atoms with Gasteiger partial charge in [0.25, 0.3) is 0 Å². The molecule has 1 unspecified atom stereocenters. The summed E-state index contributed by atoms with van der Waals surface area (Å²) in [5, 5.41) is 0. The molecule has 0 aromatic heterocycles. The van der Waals surface area contributed by atoms with Crippen molar-refractivity contribution in [1.82, 2.24) is 0 Å². The van der Waals surface area contributed by atoms with Crippen LogP contribution in [0.3, 0.4) is 0 Å². The first-order valence-corrected chi connectivity index (χ1v) is 10.3. The Morgan fingerprint density at radius 1 is 0.964 bits per heavy atom. The van der Waals surface area contributed by atoms with Gasteiger partial charge in [-0.3, -0.25) is 0 Å². The van der Waals surface area contributed by atoms with Gasteiger partial charge in [0, 0.05) is 0 Å². The number of ether oxygens (including phenoxy) is 1. The molecule has 0 radical (unpaired) electrons. The van der Waals surface area contributed by atoms with Crippen LogP contribution in [0.1, 0.15) is 50.5 Å². The van der Waals surface area contributed by atoms with Gasteiger partial charge in [0.2, 0.25) is 0 Å². The predicted octanol–water partition coefficient (Wildman–Crippen LogP) is 6.69. The van der Waals surface area contributed by atoms with Crippen LogP contribution in [0.15, 0.2) is 90.0 Å². The van der Waals surface area contributed by atoms with E-state index in [1.54, 1.807) is 0 Å². The van der Waals surface area contributed by atoms with Gasteiger partial charge >= 0.3 is 0 Å². The topological polar surface area (TPSA) is 21.6 Å². The molecule has 2 aromatic rings. The molecule has 1 aliphatic carbocycles. The Morgan fingerprint density at radius 2 is 1.61 bits per heavy atom. The van der Waals surface area contributed by atoms with Crippen LogP contribution in [0.4, 0.5) is 0 Å². The van der Waals surface area contributed by atoms with Crippen molar-refractivity contribution in [3.8, 4) is 0 Å². The third-order valence-corrected chi connectivity index (χ3v) is 6.33. The fourth-order valence-electron chi connectivity index (χ4n) is 4.47. The molecule has 2 aromatic carbocycles. The average molecular weight is 372 g/mol. The summed E-state index contributed by atoms with van der Waals surface area (Å²) < 4.78 is 6.65. The largest absolute Gasteiger partial charge is 0.469 e. The summed E-state index contributed by atoms with van der Waals surface area (Å²) >= 11 is 0. The molecule has 0 fully saturated rings. The Labute approximate surface area is 168 Å². The molecule has 0 amide bonds. The van der Waals surface area contributed by atoms with E-state index < -0.39 is 0 Å². The van der Waals surface area contributed by atoms with E-state index in [1.807, 2.05) is 6.07 Å². The molecule has 1 heterocycles. The van der Waals surface area contributed by atoms with E-state index in [2.05, 4.69) is 99.7 Å². The molecule has 2 nitrogen and oxygen atoms in total. The van der Waals surface area contributed by atoms with Crippen LogP contribution in [0, 0.1) is 17.3 Å². The van der Waals surface area contributed by atoms with Crippen molar-refractivity contribution in [2.24, 2.45) is 22.2 Å². The second kappa shape index (κ2) is 7.79. The molecule has 0 N–H and O–H groups in total. The second-order valence-electron chi connectivity index (χ2n) is 8.18. The second-order valence-corrected chi connectivity index (χ2v) is 8.18. The molecule has 0 saturated carbocycles. The first-order valence-electron chi connectivity index (χ1n) is 10.3. The van der Waals surface area contributed by atoms with Gasteiger partial charge in [0.15, 0.2) is 12.0 Å². The number of hydrogen-bond donors (Lipinski definition) is 0. The monoisotopic (exact) mass is 371 g/mol. The highest BCUT2D eigenvalue weighted by molar-refractivity contribution is 5.87. The van der Waals surface area contributed by atoms with Crippen LogP contribution in [0.5, 0.6) is 0 Å². The summed E-state index contributed by atoms with van der Waals surface area (Å²) in [5.41, 5.74) is 2.15. The zero-order valence-corrected chi connectivity index (χ0v) is 17.0. The standard InChI is InChI=1S/C26H29NO/c1-4-19(2)22-17-11-12-18-26(22,3)25-27-23(20-13-7-5-8-14-20)24(28-25)21-15-9-6-10-16-21/h5-19,22-24H,4H2,1-3H3/t19?,22-,23+,24+,26-/m0/s1. The lowest BCUT2D eigenvalue weighted by Gasteiger charge is -2.38. The Hall–Kier alpha value is -2.61. The summed E-state index contributed by atoms with van der Waals surface area (Å²) in [4.78, 5) is 5.19. The highest BCUT2D eigenvalue weighted by Gasteiger charge is 2.46. The number of benzene rings is 2. The molecule has 5 atom stereocenters. The highest BCUT2D eigenvalue weighted by atomic mass is 16.5. The van der Waals surface area contributed by atoms with Crippen molar-refractivity contribution >= 4 is 5.90 Å². The van der Waals surface area contributed by atoms with Crippen LogP contribution in [0.25, 0.3) is 0 Å². The highest BCUT2D eigenvalue weighted by Crippen LogP contribution is 2.48. The fourth-order valence-corrected chi connectivity index (χ4v) is 4.47. The summed E-state index contributed by atoms with van der Waals surface area (Å²) in [5.74, 6) is 1.80. The average Bonchev–Trinajstić information content (AvgIpc) is 3.21. The molecular formula is C26H29NO. The minimum atomic E-state index is -0.221. The fraction of sp³-hybridized carbons (Fsp3) is 0.346.